The van der Waals surface area contributed by atoms with Gasteiger partial charge in [0.15, 0.2) is 22.3 Å². The van der Waals surface area contributed by atoms with Crippen LogP contribution in [0.5, 0.6) is 11.5 Å². The number of hydrogen-bond donors (Lipinski definition) is 1. The van der Waals surface area contributed by atoms with Crippen molar-refractivity contribution in [1.29, 1.82) is 0 Å². The number of carbonyl (C=O) groups is 2. The molecule has 1 heterocycles. The van der Waals surface area contributed by atoms with Gasteiger partial charge in [-0.2, -0.15) is 0 Å². The van der Waals surface area contributed by atoms with Crippen molar-refractivity contribution in [2.24, 2.45) is 0 Å². The number of aromatic hydroxyl groups is 1. The van der Waals surface area contributed by atoms with Gasteiger partial charge in [0.1, 0.15) is 0 Å². The van der Waals surface area contributed by atoms with Crippen LogP contribution in [0.1, 0.15) is 29.6 Å². The normalized spacial score (nSPS) is 10.6. The number of fused-ring (bicyclic) bond motifs is 1. The monoisotopic (exact) mass is 309 g/mol. The number of phenolic OH excluding ortho intramolecular Hbond substituents is 1. The van der Waals surface area contributed by atoms with Crippen LogP contribution in [0.25, 0.3) is 10.2 Å². The number of aromatic nitrogens is 1. The van der Waals surface area contributed by atoms with Crippen LogP contribution < -0.4 is 4.74 Å². The highest BCUT2D eigenvalue weighted by Crippen LogP contribution is 2.34. The first-order valence-electron chi connectivity index (χ1n) is 6.41. The molecule has 0 amide bonds. The zero-order valence-corrected chi connectivity index (χ0v) is 12.5. The number of ether oxygens (including phenoxy) is 2. The number of methoxy groups -OCH3 is 1. The molecule has 0 spiro atoms. The third kappa shape index (κ3) is 3.49. The van der Waals surface area contributed by atoms with Crippen LogP contribution in [-0.2, 0) is 9.53 Å². The van der Waals surface area contributed by atoms with E-state index in [1.807, 2.05) is 0 Å². The van der Waals surface area contributed by atoms with Crippen molar-refractivity contribution in [2.75, 3.05) is 13.7 Å². The van der Waals surface area contributed by atoms with Crippen LogP contribution >= 0.6 is 11.3 Å². The van der Waals surface area contributed by atoms with Gasteiger partial charge in [0.25, 0.3) is 0 Å². The average Bonchev–Trinajstić information content (AvgIpc) is 2.86. The van der Waals surface area contributed by atoms with Crippen LogP contribution in [0.2, 0.25) is 0 Å². The molecule has 7 heteroatoms. The van der Waals surface area contributed by atoms with E-state index < -0.39 is 5.97 Å². The molecule has 0 aliphatic heterocycles. The number of esters is 1. The molecule has 0 radical (unpaired) electrons. The third-order valence-electron chi connectivity index (χ3n) is 2.79. The molecule has 6 nitrogen and oxygen atoms in total. The Morgan fingerprint density at radius 2 is 2.10 bits per heavy atom. The highest BCUT2D eigenvalue weighted by Gasteiger charge is 2.16. The van der Waals surface area contributed by atoms with Gasteiger partial charge in [0.05, 0.1) is 30.4 Å². The number of phenols is 1. The second-order valence-corrected chi connectivity index (χ2v) is 5.27. The minimum Gasteiger partial charge on any atom is -0.504 e. The molecule has 0 bridgehead atoms. The van der Waals surface area contributed by atoms with Gasteiger partial charge in [-0.15, -0.1) is 11.3 Å². The lowest BCUT2D eigenvalue weighted by Gasteiger charge is -2.01. The van der Waals surface area contributed by atoms with Gasteiger partial charge in [-0.05, 0) is 6.92 Å². The lowest BCUT2D eigenvalue weighted by Crippen LogP contribution is -2.07. The molecule has 2 aromatic rings. The van der Waals surface area contributed by atoms with Crippen molar-refractivity contribution in [3.05, 3.63) is 17.1 Å². The summed E-state index contributed by atoms with van der Waals surface area (Å²) in [5.41, 5.74) is 0.526. The second-order valence-electron chi connectivity index (χ2n) is 4.24. The minimum atomic E-state index is -0.397. The lowest BCUT2D eigenvalue weighted by molar-refractivity contribution is -0.143. The summed E-state index contributed by atoms with van der Waals surface area (Å²) >= 11 is 1.20. The van der Waals surface area contributed by atoms with E-state index in [4.69, 9.17) is 9.47 Å². The highest BCUT2D eigenvalue weighted by molar-refractivity contribution is 7.20. The Balaban J connectivity index is 2.15. The van der Waals surface area contributed by atoms with E-state index in [1.165, 1.54) is 24.5 Å². The first-order valence-corrected chi connectivity index (χ1v) is 7.23. The summed E-state index contributed by atoms with van der Waals surface area (Å²) < 4.78 is 10.5. The topological polar surface area (TPSA) is 85.7 Å². The van der Waals surface area contributed by atoms with Crippen molar-refractivity contribution in [3.63, 3.8) is 0 Å². The third-order valence-corrected chi connectivity index (χ3v) is 3.85. The number of nitrogens with zero attached hydrogens (tertiary/aromatic N) is 1. The summed E-state index contributed by atoms with van der Waals surface area (Å²) in [6.45, 7) is 2.01. The second kappa shape index (κ2) is 6.53. The van der Waals surface area contributed by atoms with Crippen molar-refractivity contribution >= 4 is 33.3 Å². The van der Waals surface area contributed by atoms with E-state index in [0.717, 1.165) is 4.70 Å². The number of thiazole rings is 1. The summed E-state index contributed by atoms with van der Waals surface area (Å²) in [7, 11) is 1.45. The maximum atomic E-state index is 12.0. The molecule has 0 atom stereocenters. The van der Waals surface area contributed by atoms with Crippen LogP contribution in [0.3, 0.4) is 0 Å². The van der Waals surface area contributed by atoms with Crippen molar-refractivity contribution in [2.45, 2.75) is 19.8 Å². The maximum absolute atomic E-state index is 12.0. The standard InChI is InChI=1S/C14H15NO5S/c1-3-20-13(18)5-4-9(16)14-15-8-6-10(17)11(19-2)7-12(8)21-14/h6-7,17H,3-5H2,1-2H3. The Labute approximate surface area is 125 Å². The minimum absolute atomic E-state index is 0.0270. The predicted octanol–water partition coefficient (Wildman–Crippen LogP) is 2.54. The Bertz CT molecular complexity index is 679. The van der Waals surface area contributed by atoms with Crippen molar-refractivity contribution in [3.8, 4) is 11.5 Å². The molecular formula is C14H15NO5S. The molecule has 21 heavy (non-hydrogen) atoms. The SMILES string of the molecule is CCOC(=O)CCC(=O)c1nc2cc(O)c(OC)cc2s1. The highest BCUT2D eigenvalue weighted by atomic mass is 32.1. The summed E-state index contributed by atoms with van der Waals surface area (Å²) in [5, 5.41) is 9.99. The Kier molecular flexibility index (Phi) is 4.74. The number of carbonyl (C=O) groups excluding carboxylic acids is 2. The van der Waals surface area contributed by atoms with Gasteiger partial charge < -0.3 is 14.6 Å². The van der Waals surface area contributed by atoms with Gasteiger partial charge in [0.2, 0.25) is 0 Å². The van der Waals surface area contributed by atoms with Crippen LogP contribution in [-0.4, -0.2) is 35.6 Å². The molecule has 112 valence electrons. The predicted molar refractivity (Wildman–Crippen MR) is 78.0 cm³/mol. The maximum Gasteiger partial charge on any atom is 0.306 e. The molecule has 0 fully saturated rings. The van der Waals surface area contributed by atoms with Crippen molar-refractivity contribution in [1.82, 2.24) is 4.98 Å². The van der Waals surface area contributed by atoms with E-state index in [2.05, 4.69) is 4.98 Å². The zero-order valence-electron chi connectivity index (χ0n) is 11.7. The molecule has 1 N–H and O–H groups in total. The van der Waals surface area contributed by atoms with Gasteiger partial charge >= 0.3 is 5.97 Å². The fourth-order valence-electron chi connectivity index (χ4n) is 1.78. The average molecular weight is 309 g/mol. The molecule has 1 aromatic heterocycles. The van der Waals surface area contributed by atoms with Crippen molar-refractivity contribution < 1.29 is 24.2 Å². The number of benzene rings is 1. The smallest absolute Gasteiger partial charge is 0.306 e. The molecule has 0 saturated carbocycles. The Morgan fingerprint density at radius 1 is 1.33 bits per heavy atom. The van der Waals surface area contributed by atoms with E-state index >= 15 is 0 Å². The Morgan fingerprint density at radius 3 is 2.76 bits per heavy atom. The number of ketones is 1. The molecule has 0 aliphatic rings. The summed E-state index contributed by atoms with van der Waals surface area (Å²) in [4.78, 5) is 27.4. The first-order chi connectivity index (χ1) is 10.0. The van der Waals surface area contributed by atoms with E-state index in [1.54, 1.807) is 13.0 Å². The quantitative estimate of drug-likeness (QED) is 0.652. The molecule has 0 aliphatic carbocycles. The largest absolute Gasteiger partial charge is 0.504 e. The molecule has 1 aromatic carbocycles. The van der Waals surface area contributed by atoms with Crippen LogP contribution in [0.15, 0.2) is 12.1 Å². The van der Waals surface area contributed by atoms with E-state index in [0.29, 0.717) is 22.9 Å². The van der Waals surface area contributed by atoms with Gasteiger partial charge in [0, 0.05) is 18.6 Å². The molecule has 0 unspecified atom stereocenters. The van der Waals surface area contributed by atoms with Gasteiger partial charge in [-0.1, -0.05) is 0 Å². The molecule has 2 rings (SSSR count). The first kappa shape index (κ1) is 15.2. The number of rotatable bonds is 6. The van der Waals surface area contributed by atoms with Crippen LogP contribution in [0.4, 0.5) is 0 Å². The molecule has 0 saturated heterocycles. The zero-order chi connectivity index (χ0) is 15.4. The summed E-state index contributed by atoms with van der Waals surface area (Å²) in [6, 6.07) is 3.08. The van der Waals surface area contributed by atoms with Gasteiger partial charge in [-0.3, -0.25) is 9.59 Å². The van der Waals surface area contributed by atoms with E-state index in [9.17, 15) is 14.7 Å². The van der Waals surface area contributed by atoms with Crippen LogP contribution in [0, 0.1) is 0 Å². The van der Waals surface area contributed by atoms with E-state index in [-0.39, 0.29) is 24.4 Å². The fraction of sp³-hybridized carbons (Fsp3) is 0.357. The molecular weight excluding hydrogens is 294 g/mol. The summed E-state index contributed by atoms with van der Waals surface area (Å²) in [6.07, 6.45) is 0.0962. The summed E-state index contributed by atoms with van der Waals surface area (Å²) in [5.74, 6) is -0.313. The fourth-order valence-corrected chi connectivity index (χ4v) is 2.73. The lowest BCUT2D eigenvalue weighted by atomic mass is 10.2. The van der Waals surface area contributed by atoms with Gasteiger partial charge in [-0.25, -0.2) is 4.98 Å². The Hall–Kier alpha value is -2.15. The number of Topliss-reactive ketones (excluding diaryl/α,β-unsaturated/α-hetero) is 1. The number of hydrogen-bond acceptors (Lipinski definition) is 7.